The molecule has 5 rings (SSSR count). The monoisotopic (exact) mass is 371 g/mol. The highest BCUT2D eigenvalue weighted by Gasteiger charge is 2.40. The number of anilines is 1. The Kier molecular flexibility index (Phi) is 3.50. The maximum Gasteiger partial charge on any atom is 0.186 e. The van der Waals surface area contributed by atoms with E-state index in [0.29, 0.717) is 17.4 Å². The molecule has 1 aromatic heterocycles. The summed E-state index contributed by atoms with van der Waals surface area (Å²) in [6, 6.07) is 3.24. The maximum absolute atomic E-state index is 14.8. The van der Waals surface area contributed by atoms with Crippen LogP contribution in [0.15, 0.2) is 42.6 Å². The van der Waals surface area contributed by atoms with Crippen LogP contribution in [-0.4, -0.2) is 32.2 Å². The van der Waals surface area contributed by atoms with Crippen LogP contribution >= 0.6 is 11.6 Å². The Morgan fingerprint density at radius 2 is 2.19 bits per heavy atom. The van der Waals surface area contributed by atoms with Crippen molar-refractivity contribution in [3.05, 3.63) is 64.9 Å². The van der Waals surface area contributed by atoms with Gasteiger partial charge in [-0.2, -0.15) is 0 Å². The second-order valence-corrected chi connectivity index (χ2v) is 7.36. The van der Waals surface area contributed by atoms with E-state index in [2.05, 4.69) is 31.8 Å². The van der Waals surface area contributed by atoms with E-state index < -0.39 is 0 Å². The van der Waals surface area contributed by atoms with E-state index in [-0.39, 0.29) is 12.1 Å². The minimum atomic E-state index is -0.298. The van der Waals surface area contributed by atoms with E-state index in [1.807, 2.05) is 30.2 Å². The summed E-state index contributed by atoms with van der Waals surface area (Å²) in [6.45, 7) is 3.56. The fourth-order valence-electron chi connectivity index (χ4n) is 4.00. The van der Waals surface area contributed by atoms with E-state index in [1.165, 1.54) is 11.8 Å². The molecule has 5 nitrogen and oxygen atoms in total. The van der Waals surface area contributed by atoms with Crippen LogP contribution in [0.5, 0.6) is 0 Å². The fourth-order valence-corrected chi connectivity index (χ4v) is 4.16. The van der Waals surface area contributed by atoms with Gasteiger partial charge in [-0.15, -0.1) is 0 Å². The van der Waals surface area contributed by atoms with E-state index >= 15 is 0 Å². The first-order valence-electron chi connectivity index (χ1n) is 8.78. The molecule has 1 unspecified atom stereocenters. The van der Waals surface area contributed by atoms with Crippen LogP contribution in [-0.2, 0) is 6.67 Å². The number of allylic oxidation sites excluding steroid dienone is 1. The lowest BCUT2D eigenvalue weighted by atomic mass is 10.2. The van der Waals surface area contributed by atoms with Crippen LogP contribution in [0.4, 0.5) is 10.1 Å². The van der Waals surface area contributed by atoms with Crippen LogP contribution in [0.2, 0.25) is 5.02 Å². The van der Waals surface area contributed by atoms with E-state index in [1.54, 1.807) is 6.20 Å². The van der Waals surface area contributed by atoms with E-state index in [4.69, 9.17) is 11.6 Å². The summed E-state index contributed by atoms with van der Waals surface area (Å²) in [4.78, 5) is 10.9. The third kappa shape index (κ3) is 2.32. The molecule has 4 heterocycles. The second-order valence-electron chi connectivity index (χ2n) is 6.95. The fraction of sp³-hybridized carbons (Fsp3) is 0.316. The highest BCUT2D eigenvalue weighted by molar-refractivity contribution is 6.31. The van der Waals surface area contributed by atoms with E-state index in [9.17, 15) is 4.39 Å². The Balaban J connectivity index is 1.56. The van der Waals surface area contributed by atoms with Crippen LogP contribution in [0.1, 0.15) is 24.2 Å². The summed E-state index contributed by atoms with van der Waals surface area (Å²) in [7, 11) is 0. The van der Waals surface area contributed by atoms with Crippen molar-refractivity contribution in [3.63, 3.8) is 0 Å². The number of aryl methyl sites for hydroxylation is 1. The third-order valence-corrected chi connectivity index (χ3v) is 5.71. The quantitative estimate of drug-likeness (QED) is 0.798. The predicted octanol–water partition coefficient (Wildman–Crippen LogP) is 3.97. The van der Waals surface area contributed by atoms with Gasteiger partial charge in [0.2, 0.25) is 0 Å². The molecule has 0 aliphatic carbocycles. The summed E-state index contributed by atoms with van der Waals surface area (Å²) >= 11 is 6.10. The lowest BCUT2D eigenvalue weighted by Crippen LogP contribution is -2.51. The molecule has 0 radical (unpaired) electrons. The molecule has 0 amide bonds. The maximum atomic E-state index is 14.8. The Labute approximate surface area is 156 Å². The van der Waals surface area contributed by atoms with Gasteiger partial charge >= 0.3 is 0 Å². The summed E-state index contributed by atoms with van der Waals surface area (Å²) in [5.41, 5.74) is 2.69. The Bertz CT molecular complexity index is 934. The first-order valence-corrected chi connectivity index (χ1v) is 9.16. The van der Waals surface area contributed by atoms with Gasteiger partial charge in [0.25, 0.3) is 0 Å². The SMILES string of the molecule is Cc1cc(N2C=C3CCCN3C2N2C=Cc3nccn3C2)c(F)cc1Cl. The molecule has 0 saturated carbocycles. The number of nitrogens with zero attached hydrogens (tertiary/aromatic N) is 5. The molecule has 3 aliphatic rings. The van der Waals surface area contributed by atoms with Crippen molar-refractivity contribution in [2.75, 3.05) is 11.4 Å². The van der Waals surface area contributed by atoms with Crippen molar-refractivity contribution in [1.82, 2.24) is 19.4 Å². The van der Waals surface area contributed by atoms with Crippen molar-refractivity contribution in [1.29, 1.82) is 0 Å². The predicted molar refractivity (Wildman–Crippen MR) is 99.5 cm³/mol. The lowest BCUT2D eigenvalue weighted by Gasteiger charge is -2.41. The second kappa shape index (κ2) is 5.77. The van der Waals surface area contributed by atoms with Crippen LogP contribution in [0, 0.1) is 12.7 Å². The summed E-state index contributed by atoms with van der Waals surface area (Å²) in [6.07, 6.45) is 12.0. The third-order valence-electron chi connectivity index (χ3n) is 5.30. The summed E-state index contributed by atoms with van der Waals surface area (Å²) in [5.74, 6) is 0.641. The topological polar surface area (TPSA) is 27.5 Å². The normalized spacial score (nSPS) is 21.3. The van der Waals surface area contributed by atoms with Crippen molar-refractivity contribution in [2.45, 2.75) is 32.7 Å². The average molecular weight is 372 g/mol. The summed E-state index contributed by atoms with van der Waals surface area (Å²) < 4.78 is 16.9. The average Bonchev–Trinajstić information content (AvgIpc) is 3.32. The molecule has 1 saturated heterocycles. The molecule has 7 heteroatoms. The highest BCUT2D eigenvalue weighted by atomic mass is 35.5. The Morgan fingerprint density at radius 3 is 3.08 bits per heavy atom. The number of imidazole rings is 1. The van der Waals surface area contributed by atoms with Crippen molar-refractivity contribution < 1.29 is 4.39 Å². The Morgan fingerprint density at radius 1 is 1.31 bits per heavy atom. The van der Waals surface area contributed by atoms with Gasteiger partial charge in [0, 0.05) is 42.1 Å². The number of hydrogen-bond donors (Lipinski definition) is 0. The molecule has 1 atom stereocenters. The minimum Gasteiger partial charge on any atom is -0.336 e. The number of halogens is 2. The highest BCUT2D eigenvalue weighted by Crippen LogP contribution is 2.39. The molecule has 0 bridgehead atoms. The van der Waals surface area contributed by atoms with Gasteiger partial charge in [0.05, 0.1) is 12.4 Å². The molecule has 3 aliphatic heterocycles. The van der Waals surface area contributed by atoms with Gasteiger partial charge in [-0.3, -0.25) is 0 Å². The Hall–Kier alpha value is -2.47. The molecular weight excluding hydrogens is 353 g/mol. The molecule has 1 fully saturated rings. The molecular formula is C19H19ClFN5. The van der Waals surface area contributed by atoms with Crippen LogP contribution in [0.3, 0.4) is 0 Å². The minimum absolute atomic E-state index is 0.0885. The van der Waals surface area contributed by atoms with Gasteiger partial charge < -0.3 is 19.3 Å². The molecule has 134 valence electrons. The zero-order chi connectivity index (χ0) is 17.8. The lowest BCUT2D eigenvalue weighted by molar-refractivity contribution is 0.110. The van der Waals surface area contributed by atoms with Gasteiger partial charge in [0.15, 0.2) is 6.29 Å². The standard InChI is InChI=1S/C19H19ClFN5/c1-13-9-17(16(21)10-15(13)20)26-11-14-3-2-6-25(14)19(26)24-7-4-18-22-5-8-23(18)12-24/h4-5,7-11,19H,2-3,6,12H2,1H3. The van der Waals surface area contributed by atoms with E-state index in [0.717, 1.165) is 30.8 Å². The van der Waals surface area contributed by atoms with Crippen molar-refractivity contribution in [3.8, 4) is 0 Å². The van der Waals surface area contributed by atoms with Gasteiger partial charge in [-0.25, -0.2) is 9.37 Å². The zero-order valence-corrected chi connectivity index (χ0v) is 15.2. The van der Waals surface area contributed by atoms with Gasteiger partial charge in [0.1, 0.15) is 11.6 Å². The van der Waals surface area contributed by atoms with Crippen molar-refractivity contribution >= 4 is 23.4 Å². The van der Waals surface area contributed by atoms with Crippen LogP contribution < -0.4 is 4.90 Å². The number of fused-ring (bicyclic) bond motifs is 2. The smallest absolute Gasteiger partial charge is 0.186 e. The number of aromatic nitrogens is 2. The van der Waals surface area contributed by atoms with Gasteiger partial charge in [-0.05, 0) is 43.5 Å². The number of hydrogen-bond acceptors (Lipinski definition) is 4. The summed E-state index contributed by atoms with van der Waals surface area (Å²) in [5, 5.41) is 0.455. The number of benzene rings is 1. The van der Waals surface area contributed by atoms with Crippen molar-refractivity contribution in [2.24, 2.45) is 0 Å². The first kappa shape index (κ1) is 15.8. The first-order chi connectivity index (χ1) is 12.6. The zero-order valence-electron chi connectivity index (χ0n) is 14.4. The molecule has 1 aromatic carbocycles. The van der Waals surface area contributed by atoms with Crippen LogP contribution in [0.25, 0.3) is 6.08 Å². The molecule has 0 N–H and O–H groups in total. The molecule has 26 heavy (non-hydrogen) atoms. The number of rotatable bonds is 2. The molecule has 2 aromatic rings. The molecule has 0 spiro atoms. The van der Waals surface area contributed by atoms with Gasteiger partial charge in [-0.1, -0.05) is 11.6 Å². The largest absolute Gasteiger partial charge is 0.336 e.